The Morgan fingerprint density at radius 2 is 2.18 bits per heavy atom. The molecule has 0 fully saturated rings. The van der Waals surface area contributed by atoms with E-state index in [0.717, 1.165) is 5.69 Å². The molecule has 0 spiro atoms. The Hall–Kier alpha value is -1.85. The molecule has 0 bridgehead atoms. The van der Waals surface area contributed by atoms with E-state index in [1.54, 1.807) is 6.07 Å². The molecule has 0 saturated heterocycles. The lowest BCUT2D eigenvalue weighted by Crippen LogP contribution is -2.31. The summed E-state index contributed by atoms with van der Waals surface area (Å²) in [4.78, 5) is 19.3. The van der Waals surface area contributed by atoms with Gasteiger partial charge < -0.3 is 16.4 Å². The van der Waals surface area contributed by atoms with E-state index in [9.17, 15) is 4.79 Å². The van der Waals surface area contributed by atoms with E-state index in [1.165, 1.54) is 0 Å². The third kappa shape index (κ3) is 5.14. The van der Waals surface area contributed by atoms with Crippen LogP contribution in [0.4, 0.5) is 11.8 Å². The van der Waals surface area contributed by atoms with Gasteiger partial charge in [-0.3, -0.25) is 4.79 Å². The lowest BCUT2D eigenvalue weighted by molar-refractivity contribution is -0.121. The topological polar surface area (TPSA) is 92.9 Å². The first-order valence-corrected chi connectivity index (χ1v) is 5.62. The van der Waals surface area contributed by atoms with Gasteiger partial charge in [0.2, 0.25) is 11.9 Å². The molecule has 6 heteroatoms. The van der Waals surface area contributed by atoms with Gasteiger partial charge in [-0.1, -0.05) is 0 Å². The Balaban J connectivity index is 2.38. The molecular weight excluding hydrogens is 218 g/mol. The van der Waals surface area contributed by atoms with Crippen molar-refractivity contribution in [2.75, 3.05) is 17.6 Å². The van der Waals surface area contributed by atoms with Crippen LogP contribution in [-0.4, -0.2) is 28.5 Å². The highest BCUT2D eigenvalue weighted by atomic mass is 16.1. The Kier molecular flexibility index (Phi) is 4.68. The van der Waals surface area contributed by atoms with Crippen LogP contribution in [0.3, 0.4) is 0 Å². The van der Waals surface area contributed by atoms with Crippen LogP contribution in [0.2, 0.25) is 0 Å². The highest BCUT2D eigenvalue weighted by Crippen LogP contribution is 2.06. The molecule has 1 heterocycles. The number of amides is 1. The van der Waals surface area contributed by atoms with Crippen molar-refractivity contribution in [2.45, 2.75) is 33.2 Å². The van der Waals surface area contributed by atoms with Gasteiger partial charge in [0, 0.05) is 30.8 Å². The number of aromatic nitrogens is 2. The minimum atomic E-state index is 0.0197. The lowest BCUT2D eigenvalue weighted by atomic mass is 10.3. The van der Waals surface area contributed by atoms with Crippen LogP contribution in [0.1, 0.15) is 26.0 Å². The summed E-state index contributed by atoms with van der Waals surface area (Å²) in [5.74, 6) is 0.901. The number of carbonyl (C=O) groups is 1. The lowest BCUT2D eigenvalue weighted by Gasteiger charge is -2.09. The predicted molar refractivity (Wildman–Crippen MR) is 67.6 cm³/mol. The van der Waals surface area contributed by atoms with Gasteiger partial charge in [0.05, 0.1) is 0 Å². The van der Waals surface area contributed by atoms with Crippen LogP contribution < -0.4 is 16.4 Å². The first-order chi connectivity index (χ1) is 7.97. The van der Waals surface area contributed by atoms with Gasteiger partial charge in [-0.25, -0.2) is 4.98 Å². The molecule has 0 aromatic carbocycles. The predicted octanol–water partition coefficient (Wildman–Crippen LogP) is 0.694. The van der Waals surface area contributed by atoms with Crippen molar-refractivity contribution >= 4 is 17.7 Å². The molecule has 0 saturated carbocycles. The summed E-state index contributed by atoms with van der Waals surface area (Å²) in [6, 6.07) is 1.95. The fraction of sp³-hybridized carbons (Fsp3) is 0.545. The maximum absolute atomic E-state index is 11.4. The Morgan fingerprint density at radius 3 is 2.76 bits per heavy atom. The Morgan fingerprint density at radius 1 is 1.47 bits per heavy atom. The van der Waals surface area contributed by atoms with Crippen molar-refractivity contribution in [1.29, 1.82) is 0 Å². The molecule has 1 rings (SSSR count). The van der Waals surface area contributed by atoms with Gasteiger partial charge in [0.15, 0.2) is 0 Å². The fourth-order valence-corrected chi connectivity index (χ4v) is 1.38. The fourth-order valence-electron chi connectivity index (χ4n) is 1.38. The summed E-state index contributed by atoms with van der Waals surface area (Å²) >= 11 is 0. The van der Waals surface area contributed by atoms with E-state index in [2.05, 4.69) is 20.6 Å². The van der Waals surface area contributed by atoms with Crippen molar-refractivity contribution in [2.24, 2.45) is 0 Å². The summed E-state index contributed by atoms with van der Waals surface area (Å²) in [5.41, 5.74) is 6.31. The summed E-state index contributed by atoms with van der Waals surface area (Å²) in [6.07, 6.45) is 0.404. The number of aryl methyl sites for hydroxylation is 1. The van der Waals surface area contributed by atoms with Gasteiger partial charge in [-0.05, 0) is 20.8 Å². The molecule has 1 aromatic heterocycles. The van der Waals surface area contributed by atoms with E-state index in [-0.39, 0.29) is 17.9 Å². The summed E-state index contributed by atoms with van der Waals surface area (Å²) in [7, 11) is 0. The molecule has 1 aromatic rings. The Labute approximate surface area is 101 Å². The summed E-state index contributed by atoms with van der Waals surface area (Å²) < 4.78 is 0. The molecule has 4 N–H and O–H groups in total. The standard InChI is InChI=1S/C11H19N5O/c1-7(2)14-10(17)4-5-13-9-6-8(3)15-11(12)16-9/h6-7H,4-5H2,1-3H3,(H,14,17)(H3,12,13,15,16). The maximum Gasteiger partial charge on any atom is 0.222 e. The summed E-state index contributed by atoms with van der Waals surface area (Å²) in [5, 5.41) is 5.85. The minimum absolute atomic E-state index is 0.0197. The van der Waals surface area contributed by atoms with Gasteiger partial charge in [0.25, 0.3) is 0 Å². The van der Waals surface area contributed by atoms with E-state index < -0.39 is 0 Å². The number of nitrogens with two attached hydrogens (primary N) is 1. The molecule has 0 aliphatic heterocycles. The van der Waals surface area contributed by atoms with Gasteiger partial charge in [-0.15, -0.1) is 0 Å². The van der Waals surface area contributed by atoms with Crippen molar-refractivity contribution < 1.29 is 4.79 Å². The second-order valence-electron chi connectivity index (χ2n) is 4.15. The number of nitrogens with one attached hydrogen (secondary N) is 2. The first-order valence-electron chi connectivity index (χ1n) is 5.62. The van der Waals surface area contributed by atoms with Crippen LogP contribution in [-0.2, 0) is 4.79 Å². The zero-order valence-electron chi connectivity index (χ0n) is 10.4. The molecular formula is C11H19N5O. The highest BCUT2D eigenvalue weighted by Gasteiger charge is 2.03. The van der Waals surface area contributed by atoms with Crippen molar-refractivity contribution in [3.05, 3.63) is 11.8 Å². The zero-order valence-corrected chi connectivity index (χ0v) is 10.4. The zero-order chi connectivity index (χ0) is 12.8. The number of hydrogen-bond donors (Lipinski definition) is 3. The van der Waals surface area contributed by atoms with Crippen LogP contribution >= 0.6 is 0 Å². The monoisotopic (exact) mass is 237 g/mol. The molecule has 0 unspecified atom stereocenters. The number of nitrogens with zero attached hydrogens (tertiary/aromatic N) is 2. The molecule has 0 aliphatic carbocycles. The SMILES string of the molecule is Cc1cc(NCCC(=O)NC(C)C)nc(N)n1. The molecule has 1 amide bonds. The number of carbonyl (C=O) groups excluding carboxylic acids is 1. The van der Waals surface area contributed by atoms with Gasteiger partial charge in [0.1, 0.15) is 5.82 Å². The van der Waals surface area contributed by atoms with Gasteiger partial charge in [-0.2, -0.15) is 4.98 Å². The molecule has 17 heavy (non-hydrogen) atoms. The van der Waals surface area contributed by atoms with E-state index >= 15 is 0 Å². The van der Waals surface area contributed by atoms with E-state index in [4.69, 9.17) is 5.73 Å². The van der Waals surface area contributed by atoms with Crippen molar-refractivity contribution in [3.8, 4) is 0 Å². The van der Waals surface area contributed by atoms with E-state index in [1.807, 2.05) is 20.8 Å². The molecule has 0 aliphatic rings. The number of nitrogen functional groups attached to an aromatic ring is 1. The maximum atomic E-state index is 11.4. The largest absolute Gasteiger partial charge is 0.369 e. The van der Waals surface area contributed by atoms with Crippen LogP contribution in [0.15, 0.2) is 6.07 Å². The van der Waals surface area contributed by atoms with Crippen LogP contribution in [0.25, 0.3) is 0 Å². The van der Waals surface area contributed by atoms with Crippen LogP contribution in [0.5, 0.6) is 0 Å². The third-order valence-corrected chi connectivity index (χ3v) is 1.98. The molecule has 6 nitrogen and oxygen atoms in total. The molecule has 0 radical (unpaired) electrons. The average Bonchev–Trinajstić information content (AvgIpc) is 2.14. The highest BCUT2D eigenvalue weighted by molar-refractivity contribution is 5.76. The first kappa shape index (κ1) is 13.2. The second-order valence-corrected chi connectivity index (χ2v) is 4.15. The quantitative estimate of drug-likeness (QED) is 0.700. The minimum Gasteiger partial charge on any atom is -0.369 e. The average molecular weight is 237 g/mol. The molecule has 0 atom stereocenters. The van der Waals surface area contributed by atoms with Crippen molar-refractivity contribution in [1.82, 2.24) is 15.3 Å². The Bertz CT molecular complexity index is 371. The number of anilines is 2. The van der Waals surface area contributed by atoms with Crippen molar-refractivity contribution in [3.63, 3.8) is 0 Å². The number of rotatable bonds is 5. The number of hydrogen-bond acceptors (Lipinski definition) is 5. The smallest absolute Gasteiger partial charge is 0.222 e. The summed E-state index contributed by atoms with van der Waals surface area (Å²) in [6.45, 7) is 6.22. The molecule has 94 valence electrons. The van der Waals surface area contributed by atoms with Crippen LogP contribution in [0, 0.1) is 6.92 Å². The van der Waals surface area contributed by atoms with Gasteiger partial charge >= 0.3 is 0 Å². The normalized spacial score (nSPS) is 10.4. The second kappa shape index (κ2) is 6.03. The third-order valence-electron chi connectivity index (χ3n) is 1.98. The van der Waals surface area contributed by atoms with E-state index in [0.29, 0.717) is 18.8 Å².